The third-order valence-electron chi connectivity index (χ3n) is 4.08. The lowest BCUT2D eigenvalue weighted by atomic mass is 10.1. The first-order valence-electron chi connectivity index (χ1n) is 9.38. The average Bonchev–Trinajstić information content (AvgIpc) is 2.72. The van der Waals surface area contributed by atoms with Crippen molar-refractivity contribution in [3.63, 3.8) is 0 Å². The number of carbonyl (C=O) groups excluding carboxylic acids is 4. The van der Waals surface area contributed by atoms with Crippen molar-refractivity contribution in [2.75, 3.05) is 24.4 Å². The molecule has 0 fully saturated rings. The second-order valence-electron chi connectivity index (χ2n) is 6.48. The number of rotatable bonds is 10. The van der Waals surface area contributed by atoms with Crippen LogP contribution in [0, 0.1) is 0 Å². The fourth-order valence-corrected chi connectivity index (χ4v) is 2.52. The molecule has 0 saturated heterocycles. The zero-order chi connectivity index (χ0) is 21.9. The van der Waals surface area contributed by atoms with Crippen LogP contribution in [0.1, 0.15) is 36.5 Å². The molecule has 0 spiro atoms. The molecular formula is C22H24N2O6. The quantitative estimate of drug-likeness (QED) is 0.458. The van der Waals surface area contributed by atoms with E-state index in [1.807, 2.05) is 0 Å². The highest BCUT2D eigenvalue weighted by atomic mass is 16.5. The van der Waals surface area contributed by atoms with Crippen LogP contribution in [0.5, 0.6) is 5.75 Å². The molecule has 2 N–H and O–H groups in total. The first-order valence-corrected chi connectivity index (χ1v) is 9.38. The van der Waals surface area contributed by atoms with Gasteiger partial charge in [0.1, 0.15) is 5.75 Å². The van der Waals surface area contributed by atoms with Gasteiger partial charge in [0.25, 0.3) is 5.91 Å². The summed E-state index contributed by atoms with van der Waals surface area (Å²) in [6, 6.07) is 13.3. The van der Waals surface area contributed by atoms with Crippen molar-refractivity contribution in [3.8, 4) is 5.75 Å². The van der Waals surface area contributed by atoms with Crippen molar-refractivity contribution < 1.29 is 28.7 Å². The van der Waals surface area contributed by atoms with Crippen LogP contribution in [0.3, 0.4) is 0 Å². The van der Waals surface area contributed by atoms with E-state index in [-0.39, 0.29) is 31.0 Å². The van der Waals surface area contributed by atoms with Crippen LogP contribution in [-0.4, -0.2) is 37.3 Å². The molecule has 0 unspecified atom stereocenters. The Morgan fingerprint density at radius 3 is 2.23 bits per heavy atom. The molecule has 8 nitrogen and oxygen atoms in total. The van der Waals surface area contributed by atoms with Crippen LogP contribution in [0.15, 0.2) is 48.5 Å². The molecule has 2 rings (SSSR count). The van der Waals surface area contributed by atoms with Gasteiger partial charge in [0, 0.05) is 35.8 Å². The third-order valence-corrected chi connectivity index (χ3v) is 4.08. The summed E-state index contributed by atoms with van der Waals surface area (Å²) in [5.41, 5.74) is 1.66. The molecule has 0 saturated carbocycles. The predicted molar refractivity (Wildman–Crippen MR) is 112 cm³/mol. The lowest BCUT2D eigenvalue weighted by Gasteiger charge is -2.08. The van der Waals surface area contributed by atoms with E-state index in [9.17, 15) is 19.2 Å². The molecule has 0 aliphatic heterocycles. The second kappa shape index (κ2) is 11.4. The molecule has 8 heteroatoms. The number of ketones is 1. The summed E-state index contributed by atoms with van der Waals surface area (Å²) in [6.07, 6.45) is 0.427. The highest BCUT2D eigenvalue weighted by molar-refractivity contribution is 5.96. The minimum absolute atomic E-state index is 0.0170. The Hall–Kier alpha value is -3.68. The number of anilines is 2. The lowest BCUT2D eigenvalue weighted by molar-refractivity contribution is -0.147. The monoisotopic (exact) mass is 412 g/mol. The van der Waals surface area contributed by atoms with Gasteiger partial charge in [-0.2, -0.15) is 0 Å². The lowest BCUT2D eigenvalue weighted by Crippen LogP contribution is -2.21. The van der Waals surface area contributed by atoms with Gasteiger partial charge >= 0.3 is 5.97 Å². The Balaban J connectivity index is 1.64. The molecule has 0 heterocycles. The fourth-order valence-electron chi connectivity index (χ4n) is 2.52. The topological polar surface area (TPSA) is 111 Å². The van der Waals surface area contributed by atoms with Gasteiger partial charge in [-0.25, -0.2) is 0 Å². The molecular weight excluding hydrogens is 388 g/mol. The van der Waals surface area contributed by atoms with Crippen LogP contribution in [0.25, 0.3) is 0 Å². The highest BCUT2D eigenvalue weighted by Crippen LogP contribution is 2.16. The zero-order valence-electron chi connectivity index (χ0n) is 16.9. The Labute approximate surface area is 174 Å². The molecule has 158 valence electrons. The van der Waals surface area contributed by atoms with E-state index in [4.69, 9.17) is 9.47 Å². The molecule has 0 aromatic heterocycles. The number of hydrogen-bond acceptors (Lipinski definition) is 6. The van der Waals surface area contributed by atoms with Gasteiger partial charge in [0.05, 0.1) is 7.11 Å². The maximum Gasteiger partial charge on any atom is 0.306 e. The van der Waals surface area contributed by atoms with Crippen molar-refractivity contribution in [1.29, 1.82) is 0 Å². The van der Waals surface area contributed by atoms with Crippen LogP contribution in [-0.2, 0) is 19.1 Å². The Morgan fingerprint density at radius 1 is 0.867 bits per heavy atom. The van der Waals surface area contributed by atoms with E-state index in [1.54, 1.807) is 48.5 Å². The second-order valence-corrected chi connectivity index (χ2v) is 6.48. The summed E-state index contributed by atoms with van der Waals surface area (Å²) in [7, 11) is 1.52. The van der Waals surface area contributed by atoms with Gasteiger partial charge in [-0.1, -0.05) is 6.07 Å². The molecule has 0 aliphatic rings. The summed E-state index contributed by atoms with van der Waals surface area (Å²) in [5.74, 6) is -0.742. The van der Waals surface area contributed by atoms with Crippen LogP contribution in [0.2, 0.25) is 0 Å². The molecule has 0 bridgehead atoms. The first-order chi connectivity index (χ1) is 14.4. The number of methoxy groups -OCH3 is 1. The molecule has 0 radical (unpaired) electrons. The normalized spacial score (nSPS) is 10.1. The van der Waals surface area contributed by atoms with Crippen molar-refractivity contribution in [3.05, 3.63) is 54.1 Å². The number of ether oxygens (including phenoxy) is 2. The van der Waals surface area contributed by atoms with E-state index >= 15 is 0 Å². The molecule has 2 amide bonds. The third kappa shape index (κ3) is 7.75. The summed E-state index contributed by atoms with van der Waals surface area (Å²) < 4.78 is 9.99. The predicted octanol–water partition coefficient (Wildman–Crippen LogP) is 3.19. The summed E-state index contributed by atoms with van der Waals surface area (Å²) in [4.78, 5) is 46.8. The minimum atomic E-state index is -0.561. The average molecular weight is 412 g/mol. The van der Waals surface area contributed by atoms with Gasteiger partial charge in [0.2, 0.25) is 5.91 Å². The highest BCUT2D eigenvalue weighted by Gasteiger charge is 2.10. The van der Waals surface area contributed by atoms with E-state index < -0.39 is 18.5 Å². The molecule has 0 aliphatic carbocycles. The van der Waals surface area contributed by atoms with E-state index in [2.05, 4.69) is 10.6 Å². The Kier molecular flexibility index (Phi) is 8.56. The summed E-state index contributed by atoms with van der Waals surface area (Å²) in [5, 5.41) is 5.30. The van der Waals surface area contributed by atoms with E-state index in [1.165, 1.54) is 14.0 Å². The molecule has 2 aromatic carbocycles. The van der Waals surface area contributed by atoms with Crippen molar-refractivity contribution in [2.45, 2.75) is 26.2 Å². The summed E-state index contributed by atoms with van der Waals surface area (Å²) in [6.45, 7) is 1.06. The number of carbonyl (C=O) groups is 4. The number of esters is 1. The van der Waals surface area contributed by atoms with Gasteiger partial charge < -0.3 is 20.1 Å². The Bertz CT molecular complexity index is 908. The Morgan fingerprint density at radius 2 is 1.57 bits per heavy atom. The number of hydrogen-bond donors (Lipinski definition) is 2. The van der Waals surface area contributed by atoms with E-state index in [0.717, 1.165) is 0 Å². The van der Waals surface area contributed by atoms with E-state index in [0.29, 0.717) is 22.7 Å². The fraction of sp³-hybridized carbons (Fsp3) is 0.273. The molecule has 2 aromatic rings. The maximum absolute atomic E-state index is 11.9. The van der Waals surface area contributed by atoms with Gasteiger partial charge in [0.15, 0.2) is 12.4 Å². The maximum atomic E-state index is 11.9. The zero-order valence-corrected chi connectivity index (χ0v) is 16.9. The van der Waals surface area contributed by atoms with Crippen molar-refractivity contribution >= 4 is 34.9 Å². The smallest absolute Gasteiger partial charge is 0.306 e. The van der Waals surface area contributed by atoms with Gasteiger partial charge in [-0.05, 0) is 49.7 Å². The number of amides is 2. The largest absolute Gasteiger partial charge is 0.497 e. The summed E-state index contributed by atoms with van der Waals surface area (Å²) >= 11 is 0. The molecule has 0 atom stereocenters. The SMILES string of the molecule is COc1cccc(NC(=O)COC(=O)CCCC(=O)Nc2ccc(C(C)=O)cc2)c1. The standard InChI is InChI=1S/C22H24N2O6/c1-15(25)16-9-11-17(12-10-16)23-20(26)7-4-8-22(28)30-14-21(27)24-18-5-3-6-19(13-18)29-2/h3,5-6,9-13H,4,7-8,14H2,1-2H3,(H,23,26)(H,24,27). The van der Waals surface area contributed by atoms with Crippen molar-refractivity contribution in [1.82, 2.24) is 0 Å². The van der Waals surface area contributed by atoms with Crippen LogP contribution >= 0.6 is 0 Å². The molecule has 30 heavy (non-hydrogen) atoms. The number of Topliss-reactive ketones (excluding diaryl/α,β-unsaturated/α-hetero) is 1. The minimum Gasteiger partial charge on any atom is -0.497 e. The number of benzene rings is 2. The van der Waals surface area contributed by atoms with Crippen LogP contribution < -0.4 is 15.4 Å². The van der Waals surface area contributed by atoms with Gasteiger partial charge in [-0.3, -0.25) is 19.2 Å². The van der Waals surface area contributed by atoms with Crippen molar-refractivity contribution in [2.24, 2.45) is 0 Å². The first kappa shape index (κ1) is 22.6. The van der Waals surface area contributed by atoms with Gasteiger partial charge in [-0.15, -0.1) is 0 Å². The number of nitrogens with one attached hydrogen (secondary N) is 2. The van der Waals surface area contributed by atoms with Crippen LogP contribution in [0.4, 0.5) is 11.4 Å².